The molecule has 2 N–H and O–H groups in total. The highest BCUT2D eigenvalue weighted by Gasteiger charge is 2.09. The zero-order chi connectivity index (χ0) is 12.7. The first-order chi connectivity index (χ1) is 8.65. The molecule has 0 spiro atoms. The van der Waals surface area contributed by atoms with Crippen LogP contribution in [0.3, 0.4) is 0 Å². The van der Waals surface area contributed by atoms with Gasteiger partial charge in [0.25, 0.3) is 0 Å². The van der Waals surface area contributed by atoms with E-state index in [0.29, 0.717) is 5.82 Å². The van der Waals surface area contributed by atoms with Gasteiger partial charge in [-0.3, -0.25) is 0 Å². The van der Waals surface area contributed by atoms with Crippen LogP contribution in [0.4, 0.5) is 5.69 Å². The average Bonchev–Trinajstić information content (AvgIpc) is 2.75. The largest absolute Gasteiger partial charge is 0.398 e. The number of nitrogen functional groups attached to an aromatic ring is 1. The molecular weight excluding hydrogens is 226 g/mol. The molecule has 0 aliphatic rings. The van der Waals surface area contributed by atoms with Crippen LogP contribution in [0.25, 0.3) is 17.0 Å². The summed E-state index contributed by atoms with van der Waals surface area (Å²) in [6.45, 7) is 3.91. The Balaban J connectivity index is 2.24. The first-order valence-electron chi connectivity index (χ1n) is 5.71. The highest BCUT2D eigenvalue weighted by molar-refractivity contribution is 5.65. The first kappa shape index (κ1) is 10.7. The Labute approximate surface area is 104 Å². The van der Waals surface area contributed by atoms with Gasteiger partial charge in [0.1, 0.15) is 0 Å². The van der Waals surface area contributed by atoms with Crippen molar-refractivity contribution >= 4 is 11.3 Å². The summed E-state index contributed by atoms with van der Waals surface area (Å²) in [4.78, 5) is 0. The lowest BCUT2D eigenvalue weighted by atomic mass is 10.1. The third-order valence-electron chi connectivity index (χ3n) is 2.93. The molecule has 0 amide bonds. The predicted molar refractivity (Wildman–Crippen MR) is 70.1 cm³/mol. The van der Waals surface area contributed by atoms with E-state index in [0.717, 1.165) is 28.2 Å². The van der Waals surface area contributed by atoms with Crippen molar-refractivity contribution in [1.29, 1.82) is 0 Å². The van der Waals surface area contributed by atoms with E-state index >= 15 is 0 Å². The van der Waals surface area contributed by atoms with Crippen molar-refractivity contribution in [3.63, 3.8) is 0 Å². The summed E-state index contributed by atoms with van der Waals surface area (Å²) in [6.07, 6.45) is 0. The molecule has 0 bridgehead atoms. The molecule has 3 rings (SSSR count). The zero-order valence-electron chi connectivity index (χ0n) is 10.3. The van der Waals surface area contributed by atoms with E-state index in [1.807, 2.05) is 44.2 Å². The highest BCUT2D eigenvalue weighted by Crippen LogP contribution is 2.22. The average molecular weight is 239 g/mol. The second-order valence-corrected chi connectivity index (χ2v) is 4.34. The van der Waals surface area contributed by atoms with Crippen LogP contribution in [0, 0.1) is 13.8 Å². The van der Waals surface area contributed by atoms with Crippen molar-refractivity contribution in [2.75, 3.05) is 5.73 Å². The molecule has 5 nitrogen and oxygen atoms in total. The van der Waals surface area contributed by atoms with Crippen molar-refractivity contribution < 1.29 is 0 Å². The Morgan fingerprint density at radius 2 is 1.89 bits per heavy atom. The van der Waals surface area contributed by atoms with Crippen molar-refractivity contribution in [2.24, 2.45) is 0 Å². The fraction of sp³-hybridized carbons (Fsp3) is 0.154. The van der Waals surface area contributed by atoms with Gasteiger partial charge in [-0.2, -0.15) is 9.61 Å². The third kappa shape index (κ3) is 1.60. The first-order valence-corrected chi connectivity index (χ1v) is 5.71. The van der Waals surface area contributed by atoms with Gasteiger partial charge in [-0.1, -0.05) is 12.1 Å². The normalized spacial score (nSPS) is 11.0. The molecule has 90 valence electrons. The zero-order valence-corrected chi connectivity index (χ0v) is 10.3. The molecule has 2 aromatic heterocycles. The molecule has 0 saturated carbocycles. The molecule has 0 unspecified atom stereocenters. The van der Waals surface area contributed by atoms with E-state index in [-0.39, 0.29) is 0 Å². The summed E-state index contributed by atoms with van der Waals surface area (Å²) in [5.41, 5.74) is 10.3. The smallest absolute Gasteiger partial charge is 0.185 e. The molecule has 5 heteroatoms. The molecule has 0 saturated heterocycles. The fourth-order valence-electron chi connectivity index (χ4n) is 1.84. The maximum atomic E-state index is 5.92. The summed E-state index contributed by atoms with van der Waals surface area (Å²) >= 11 is 0. The Kier molecular flexibility index (Phi) is 2.26. The Morgan fingerprint density at radius 1 is 1.06 bits per heavy atom. The minimum atomic E-state index is 0.709. The van der Waals surface area contributed by atoms with Crippen LogP contribution in [-0.2, 0) is 0 Å². The van der Waals surface area contributed by atoms with Crippen LogP contribution in [0.1, 0.15) is 11.3 Å². The van der Waals surface area contributed by atoms with Crippen molar-refractivity contribution in [1.82, 2.24) is 19.8 Å². The van der Waals surface area contributed by atoms with Gasteiger partial charge in [-0.15, -0.1) is 10.2 Å². The minimum Gasteiger partial charge on any atom is -0.398 e. The van der Waals surface area contributed by atoms with Gasteiger partial charge in [0, 0.05) is 11.3 Å². The molecule has 0 fully saturated rings. The van der Waals surface area contributed by atoms with E-state index in [4.69, 9.17) is 5.73 Å². The summed E-state index contributed by atoms with van der Waals surface area (Å²) in [7, 11) is 0. The molecule has 0 atom stereocenters. The monoisotopic (exact) mass is 239 g/mol. The summed E-state index contributed by atoms with van der Waals surface area (Å²) < 4.78 is 1.74. The Bertz CT molecular complexity index is 729. The van der Waals surface area contributed by atoms with Gasteiger partial charge in [-0.25, -0.2) is 0 Å². The topological polar surface area (TPSA) is 69.1 Å². The van der Waals surface area contributed by atoms with E-state index in [2.05, 4.69) is 15.3 Å². The number of fused-ring (bicyclic) bond motifs is 1. The quantitative estimate of drug-likeness (QED) is 0.659. The molecule has 0 aliphatic heterocycles. The van der Waals surface area contributed by atoms with Gasteiger partial charge in [0.05, 0.1) is 5.69 Å². The number of anilines is 1. The van der Waals surface area contributed by atoms with Gasteiger partial charge >= 0.3 is 0 Å². The van der Waals surface area contributed by atoms with Gasteiger partial charge in [0.2, 0.25) is 0 Å². The van der Waals surface area contributed by atoms with Crippen LogP contribution in [0.5, 0.6) is 0 Å². The standard InChI is InChI=1S/C13H13N5/c1-8-3-5-10(7-11(8)14)13-16-15-12-6-4-9(2)17-18(12)13/h3-7H,14H2,1-2H3. The number of aryl methyl sites for hydroxylation is 2. The second kappa shape index (κ2) is 3.80. The third-order valence-corrected chi connectivity index (χ3v) is 2.93. The predicted octanol–water partition coefficient (Wildman–Crippen LogP) is 1.99. The van der Waals surface area contributed by atoms with Gasteiger partial charge < -0.3 is 5.73 Å². The Hall–Kier alpha value is -2.43. The minimum absolute atomic E-state index is 0.709. The molecule has 2 heterocycles. The van der Waals surface area contributed by atoms with Crippen LogP contribution in [-0.4, -0.2) is 19.8 Å². The van der Waals surface area contributed by atoms with E-state index in [1.54, 1.807) is 4.52 Å². The van der Waals surface area contributed by atoms with Crippen molar-refractivity contribution in [2.45, 2.75) is 13.8 Å². The van der Waals surface area contributed by atoms with Crippen LogP contribution >= 0.6 is 0 Å². The number of rotatable bonds is 1. The van der Waals surface area contributed by atoms with E-state index in [1.165, 1.54) is 0 Å². The maximum absolute atomic E-state index is 5.92. The maximum Gasteiger partial charge on any atom is 0.185 e. The highest BCUT2D eigenvalue weighted by atomic mass is 15.4. The lowest BCUT2D eigenvalue weighted by molar-refractivity contribution is 0.902. The molecule has 18 heavy (non-hydrogen) atoms. The number of hydrogen-bond acceptors (Lipinski definition) is 4. The van der Waals surface area contributed by atoms with Gasteiger partial charge in [-0.05, 0) is 37.6 Å². The Morgan fingerprint density at radius 3 is 2.67 bits per heavy atom. The molecule has 3 aromatic rings. The summed E-state index contributed by atoms with van der Waals surface area (Å²) in [5, 5.41) is 12.7. The second-order valence-electron chi connectivity index (χ2n) is 4.34. The number of nitrogens with zero attached hydrogens (tertiary/aromatic N) is 4. The molecule has 0 radical (unpaired) electrons. The van der Waals surface area contributed by atoms with E-state index in [9.17, 15) is 0 Å². The number of aromatic nitrogens is 4. The molecular formula is C13H13N5. The number of nitrogens with two attached hydrogens (primary N) is 1. The lowest BCUT2D eigenvalue weighted by Gasteiger charge is -2.03. The fourth-order valence-corrected chi connectivity index (χ4v) is 1.84. The number of benzene rings is 1. The van der Waals surface area contributed by atoms with Crippen molar-refractivity contribution in [3.8, 4) is 11.4 Å². The van der Waals surface area contributed by atoms with Crippen LogP contribution < -0.4 is 5.73 Å². The molecule has 1 aromatic carbocycles. The van der Waals surface area contributed by atoms with Crippen LogP contribution in [0.2, 0.25) is 0 Å². The van der Waals surface area contributed by atoms with Crippen LogP contribution in [0.15, 0.2) is 30.3 Å². The number of hydrogen-bond donors (Lipinski definition) is 1. The van der Waals surface area contributed by atoms with Crippen molar-refractivity contribution in [3.05, 3.63) is 41.6 Å². The SMILES string of the molecule is Cc1ccc2nnc(-c3ccc(C)c(N)c3)n2n1. The summed E-state index contributed by atoms with van der Waals surface area (Å²) in [5.74, 6) is 0.709. The lowest BCUT2D eigenvalue weighted by Crippen LogP contribution is -1.97. The molecule has 0 aliphatic carbocycles. The van der Waals surface area contributed by atoms with Gasteiger partial charge in [0.15, 0.2) is 11.5 Å². The summed E-state index contributed by atoms with van der Waals surface area (Å²) in [6, 6.07) is 9.66. The van der Waals surface area contributed by atoms with E-state index < -0.39 is 0 Å².